The summed E-state index contributed by atoms with van der Waals surface area (Å²) in [6.45, 7) is 8.08. The predicted octanol–water partition coefficient (Wildman–Crippen LogP) is 7.58. The largest absolute Gasteiger partial charge is 0.300 e. The zero-order valence-corrected chi connectivity index (χ0v) is 32.0. The van der Waals surface area contributed by atoms with Crippen LogP contribution < -0.4 is 0 Å². The van der Waals surface area contributed by atoms with Gasteiger partial charge in [0, 0.05) is 118 Å². The normalized spacial score (nSPS) is 16.0. The molecule has 0 radical (unpaired) electrons. The Kier molecular flexibility index (Phi) is 26.6. The first-order chi connectivity index (χ1) is 19.2. The van der Waals surface area contributed by atoms with Gasteiger partial charge in [0.05, 0.1) is 0 Å². The Hall–Kier alpha value is 1.48. The van der Waals surface area contributed by atoms with Crippen LogP contribution in [0.3, 0.4) is 0 Å². The number of carbonyl (C=O) groups excluding carboxylic acids is 4. The van der Waals surface area contributed by atoms with Crippen LogP contribution >= 0.6 is 97.6 Å². The highest BCUT2D eigenvalue weighted by Gasteiger charge is 2.38. The number of thiol groups is 4. The van der Waals surface area contributed by atoms with Crippen molar-refractivity contribution < 1.29 is 19.2 Å². The standard InChI is InChI=1S/C29H52O4S8/c1-21(34)17-38-9-5-25(30)13-29(14-26(31)6-10-39-18-22(2)35,15-27(32)7-11-40-19-23(3)36)16-28(33)8-12-41-20-24(4)37/h21-24,34-37H,5-20H2,1-4H3. The average molecular weight is 721 g/mol. The molecule has 0 aromatic heterocycles. The van der Waals surface area contributed by atoms with E-state index in [1.165, 1.54) is 0 Å². The second-order valence-corrected chi connectivity index (χ2v) is 19.2. The zero-order chi connectivity index (χ0) is 31.3. The molecule has 0 aliphatic rings. The van der Waals surface area contributed by atoms with Gasteiger partial charge in [-0.2, -0.15) is 97.6 Å². The van der Waals surface area contributed by atoms with Crippen molar-refractivity contribution in [2.24, 2.45) is 5.41 Å². The van der Waals surface area contributed by atoms with Crippen molar-refractivity contribution in [3.05, 3.63) is 0 Å². The number of rotatable bonds is 28. The molecular weight excluding hydrogens is 669 g/mol. The van der Waals surface area contributed by atoms with Gasteiger partial charge >= 0.3 is 0 Å². The van der Waals surface area contributed by atoms with Crippen LogP contribution in [0.2, 0.25) is 0 Å². The first kappa shape index (κ1) is 42.5. The highest BCUT2D eigenvalue weighted by atomic mass is 32.2. The van der Waals surface area contributed by atoms with Crippen molar-refractivity contribution in [3.8, 4) is 0 Å². The molecule has 0 aromatic rings. The molecule has 0 aromatic carbocycles. The van der Waals surface area contributed by atoms with Crippen molar-refractivity contribution >= 4 is 121 Å². The van der Waals surface area contributed by atoms with Crippen LogP contribution in [0.25, 0.3) is 0 Å². The van der Waals surface area contributed by atoms with E-state index in [0.717, 1.165) is 23.0 Å². The second-order valence-electron chi connectivity index (χ2n) is 11.1. The van der Waals surface area contributed by atoms with Crippen LogP contribution in [0, 0.1) is 5.41 Å². The monoisotopic (exact) mass is 720 g/mol. The quantitative estimate of drug-likeness (QED) is 0.0488. The van der Waals surface area contributed by atoms with E-state index in [1.807, 2.05) is 27.7 Å². The number of ketones is 4. The number of thioether (sulfide) groups is 4. The van der Waals surface area contributed by atoms with Gasteiger partial charge in [-0.15, -0.1) is 0 Å². The lowest BCUT2D eigenvalue weighted by Gasteiger charge is -2.32. The highest BCUT2D eigenvalue weighted by molar-refractivity contribution is 8.00. The minimum absolute atomic E-state index is 0.0209. The molecule has 0 saturated carbocycles. The Morgan fingerprint density at radius 1 is 0.463 bits per heavy atom. The number of hydrogen-bond acceptors (Lipinski definition) is 12. The fraction of sp³-hybridized carbons (Fsp3) is 0.862. The minimum Gasteiger partial charge on any atom is -0.300 e. The van der Waals surface area contributed by atoms with Gasteiger partial charge in [-0.3, -0.25) is 19.2 Å². The minimum atomic E-state index is -0.950. The highest BCUT2D eigenvalue weighted by Crippen LogP contribution is 2.39. The van der Waals surface area contributed by atoms with Crippen molar-refractivity contribution in [1.29, 1.82) is 0 Å². The second kappa shape index (κ2) is 25.6. The van der Waals surface area contributed by atoms with Crippen molar-refractivity contribution in [1.82, 2.24) is 0 Å². The van der Waals surface area contributed by atoms with Gasteiger partial charge < -0.3 is 0 Å². The van der Waals surface area contributed by atoms with Crippen molar-refractivity contribution in [3.63, 3.8) is 0 Å². The van der Waals surface area contributed by atoms with Gasteiger partial charge in [0.15, 0.2) is 0 Å². The van der Waals surface area contributed by atoms with Crippen molar-refractivity contribution in [2.45, 2.75) is 100 Å². The molecule has 4 unspecified atom stereocenters. The van der Waals surface area contributed by atoms with E-state index in [-0.39, 0.29) is 69.8 Å². The molecule has 0 spiro atoms. The molecular formula is C29H52O4S8. The van der Waals surface area contributed by atoms with Crippen LogP contribution in [0.15, 0.2) is 0 Å². The molecule has 4 nitrogen and oxygen atoms in total. The molecule has 0 bridgehead atoms. The maximum absolute atomic E-state index is 13.2. The van der Waals surface area contributed by atoms with E-state index < -0.39 is 5.41 Å². The van der Waals surface area contributed by atoms with Crippen molar-refractivity contribution in [2.75, 3.05) is 46.0 Å². The fourth-order valence-corrected chi connectivity index (χ4v) is 8.95. The van der Waals surface area contributed by atoms with Gasteiger partial charge in [-0.05, 0) is 5.41 Å². The number of hydrogen-bond donors (Lipinski definition) is 4. The summed E-state index contributed by atoms with van der Waals surface area (Å²) in [4.78, 5) is 53.0. The zero-order valence-electron chi connectivity index (χ0n) is 25.2. The molecule has 12 heteroatoms. The molecule has 41 heavy (non-hydrogen) atoms. The summed E-state index contributed by atoms with van der Waals surface area (Å²) >= 11 is 24.3. The van der Waals surface area contributed by atoms with Gasteiger partial charge in [0.1, 0.15) is 23.1 Å². The fourth-order valence-electron chi connectivity index (χ4n) is 4.16. The summed E-state index contributed by atoms with van der Waals surface area (Å²) < 4.78 is 0. The SMILES string of the molecule is CC(S)CSCCC(=O)CC(CC(=O)CCSCC(C)S)(CC(=O)CCSCC(C)S)CC(=O)CCSCC(C)S. The summed E-state index contributed by atoms with van der Waals surface area (Å²) in [5.41, 5.74) is -0.950. The van der Waals surface area contributed by atoms with E-state index in [9.17, 15) is 19.2 Å². The van der Waals surface area contributed by atoms with Gasteiger partial charge in [-0.25, -0.2) is 0 Å². The molecule has 0 rings (SSSR count). The molecule has 240 valence electrons. The summed E-state index contributed by atoms with van der Waals surface area (Å²) in [5.74, 6) is 6.18. The maximum Gasteiger partial charge on any atom is 0.134 e. The Balaban J connectivity index is 5.70. The van der Waals surface area contributed by atoms with E-state index in [1.54, 1.807) is 47.0 Å². The molecule has 0 heterocycles. The lowest BCUT2D eigenvalue weighted by Crippen LogP contribution is -2.34. The molecule has 0 aliphatic carbocycles. The Labute approximate surface area is 289 Å². The Morgan fingerprint density at radius 2 is 0.659 bits per heavy atom. The van der Waals surface area contributed by atoms with E-state index in [0.29, 0.717) is 48.7 Å². The lowest BCUT2D eigenvalue weighted by molar-refractivity contribution is -0.130. The molecule has 0 saturated heterocycles. The molecule has 0 amide bonds. The molecule has 0 N–H and O–H groups in total. The van der Waals surface area contributed by atoms with E-state index in [2.05, 4.69) is 50.5 Å². The Morgan fingerprint density at radius 3 is 0.829 bits per heavy atom. The van der Waals surface area contributed by atoms with Gasteiger partial charge in [0.2, 0.25) is 0 Å². The third-order valence-electron chi connectivity index (χ3n) is 5.83. The molecule has 0 aliphatic heterocycles. The Bertz CT molecular complexity index is 634. The van der Waals surface area contributed by atoms with Crippen LogP contribution in [-0.4, -0.2) is 90.2 Å². The molecule has 4 atom stereocenters. The predicted molar refractivity (Wildman–Crippen MR) is 202 cm³/mol. The summed E-state index contributed by atoms with van der Waals surface area (Å²) in [6, 6.07) is 0. The first-order valence-electron chi connectivity index (χ1n) is 14.3. The summed E-state index contributed by atoms with van der Waals surface area (Å²) in [7, 11) is 0. The van der Waals surface area contributed by atoms with Crippen LogP contribution in [0.4, 0.5) is 0 Å². The average Bonchev–Trinajstić information content (AvgIpc) is 2.84. The number of Topliss-reactive ketones (excluding diaryl/α,β-unsaturated/α-hetero) is 4. The molecule has 0 fully saturated rings. The van der Waals surface area contributed by atoms with Crippen LogP contribution in [-0.2, 0) is 19.2 Å². The smallest absolute Gasteiger partial charge is 0.134 e. The van der Waals surface area contributed by atoms with Crippen LogP contribution in [0.5, 0.6) is 0 Å². The summed E-state index contributed by atoms with van der Waals surface area (Å²) in [6.07, 6.45) is 1.83. The number of carbonyl (C=O) groups is 4. The summed E-state index contributed by atoms with van der Waals surface area (Å²) in [5, 5.41) is 0.990. The van der Waals surface area contributed by atoms with E-state index >= 15 is 0 Å². The topological polar surface area (TPSA) is 68.3 Å². The van der Waals surface area contributed by atoms with Crippen LogP contribution in [0.1, 0.15) is 79.1 Å². The third-order valence-corrected chi connectivity index (χ3v) is 12.5. The van der Waals surface area contributed by atoms with E-state index in [4.69, 9.17) is 0 Å². The third kappa shape index (κ3) is 26.4. The van der Waals surface area contributed by atoms with Gasteiger partial charge in [0.25, 0.3) is 0 Å². The lowest BCUT2D eigenvalue weighted by atomic mass is 9.70. The van der Waals surface area contributed by atoms with Gasteiger partial charge in [-0.1, -0.05) is 27.7 Å². The first-order valence-corrected chi connectivity index (χ1v) is 21.0. The maximum atomic E-state index is 13.2.